The van der Waals surface area contributed by atoms with Crippen LogP contribution in [0.15, 0.2) is 42.5 Å². The molecule has 10 heteroatoms. The summed E-state index contributed by atoms with van der Waals surface area (Å²) in [5.41, 5.74) is 4.65. The molecule has 2 unspecified atom stereocenters. The van der Waals surface area contributed by atoms with Crippen molar-refractivity contribution in [3.05, 3.63) is 53.1 Å². The zero-order valence-electron chi connectivity index (χ0n) is 18.6. The molecule has 2 aromatic rings. The summed E-state index contributed by atoms with van der Waals surface area (Å²) >= 11 is 6.07. The maximum atomic E-state index is 12.4. The molecule has 0 aromatic heterocycles. The molecule has 8 nitrogen and oxygen atoms in total. The SMILES string of the molecule is COc1cc(OC(C)S(=O)(=O)NCC(C)CC(N)=O)ccc1OCC#Cc1ccccc1Cl. The van der Waals surface area contributed by atoms with Gasteiger partial charge in [-0.15, -0.1) is 0 Å². The van der Waals surface area contributed by atoms with Gasteiger partial charge < -0.3 is 19.9 Å². The van der Waals surface area contributed by atoms with E-state index in [1.165, 1.54) is 20.1 Å². The van der Waals surface area contributed by atoms with Crippen LogP contribution in [0.5, 0.6) is 17.2 Å². The van der Waals surface area contributed by atoms with Gasteiger partial charge in [0.2, 0.25) is 21.4 Å². The number of halogens is 1. The molecule has 0 aliphatic carbocycles. The Bertz CT molecular complexity index is 1130. The standard InChI is InChI=1S/C23H27ClN2O6S/c1-16(13-23(25)27)15-26-33(28,29)17(2)32-19-10-11-21(22(14-19)30-3)31-12-6-8-18-7-4-5-9-20(18)24/h4-5,7,9-11,14,16-17,26H,12-13,15H2,1-3H3,(H2,25,27). The van der Waals surface area contributed by atoms with Crippen molar-refractivity contribution in [1.29, 1.82) is 0 Å². The molecule has 0 saturated heterocycles. The van der Waals surface area contributed by atoms with Crippen LogP contribution in [-0.2, 0) is 14.8 Å². The number of nitrogens with two attached hydrogens (primary N) is 1. The van der Waals surface area contributed by atoms with Crippen LogP contribution in [0.2, 0.25) is 5.02 Å². The predicted octanol–water partition coefficient (Wildman–Crippen LogP) is 2.93. The number of sulfonamides is 1. The van der Waals surface area contributed by atoms with E-state index in [9.17, 15) is 13.2 Å². The van der Waals surface area contributed by atoms with Crippen LogP contribution in [-0.4, -0.2) is 40.0 Å². The van der Waals surface area contributed by atoms with Gasteiger partial charge in [0.25, 0.3) is 0 Å². The summed E-state index contributed by atoms with van der Waals surface area (Å²) in [6.45, 7) is 3.30. The first-order chi connectivity index (χ1) is 15.6. The second-order valence-electron chi connectivity index (χ2n) is 7.24. The third-order valence-corrected chi connectivity index (χ3v) is 6.32. The van der Waals surface area contributed by atoms with Crippen LogP contribution in [0.3, 0.4) is 0 Å². The van der Waals surface area contributed by atoms with Crippen molar-refractivity contribution in [2.75, 3.05) is 20.3 Å². The number of rotatable bonds is 11. The Balaban J connectivity index is 1.98. The molecular formula is C23H27ClN2O6S. The zero-order chi connectivity index (χ0) is 24.4. The van der Waals surface area contributed by atoms with Gasteiger partial charge in [-0.25, -0.2) is 13.1 Å². The fourth-order valence-corrected chi connectivity index (χ4v) is 3.87. The van der Waals surface area contributed by atoms with Crippen molar-refractivity contribution in [2.24, 2.45) is 11.7 Å². The number of amides is 1. The van der Waals surface area contributed by atoms with E-state index in [0.29, 0.717) is 22.1 Å². The van der Waals surface area contributed by atoms with E-state index in [4.69, 9.17) is 31.5 Å². The van der Waals surface area contributed by atoms with Crippen molar-refractivity contribution in [2.45, 2.75) is 25.7 Å². The molecule has 0 saturated carbocycles. The molecule has 1 amide bonds. The molecule has 0 heterocycles. The summed E-state index contributed by atoms with van der Waals surface area (Å²) in [4.78, 5) is 10.9. The lowest BCUT2D eigenvalue weighted by Crippen LogP contribution is -2.38. The lowest BCUT2D eigenvalue weighted by molar-refractivity contribution is -0.118. The molecule has 33 heavy (non-hydrogen) atoms. The highest BCUT2D eigenvalue weighted by molar-refractivity contribution is 7.89. The second kappa shape index (κ2) is 12.3. The van der Waals surface area contributed by atoms with Crippen LogP contribution in [0.25, 0.3) is 0 Å². The van der Waals surface area contributed by atoms with Crippen LogP contribution in [0.4, 0.5) is 0 Å². The minimum absolute atomic E-state index is 0.0737. The molecular weight excluding hydrogens is 468 g/mol. The number of carbonyl (C=O) groups excluding carboxylic acids is 1. The van der Waals surface area contributed by atoms with E-state index in [1.54, 1.807) is 25.1 Å². The maximum Gasteiger partial charge on any atom is 0.249 e. The summed E-state index contributed by atoms with van der Waals surface area (Å²) in [6.07, 6.45) is 0.0825. The molecule has 0 radical (unpaired) electrons. The molecule has 2 atom stereocenters. The summed E-state index contributed by atoms with van der Waals surface area (Å²) < 4.78 is 43.8. The van der Waals surface area contributed by atoms with E-state index >= 15 is 0 Å². The number of nitrogens with one attached hydrogen (secondary N) is 1. The van der Waals surface area contributed by atoms with Gasteiger partial charge in [0, 0.05) is 24.6 Å². The van der Waals surface area contributed by atoms with Gasteiger partial charge in [0.05, 0.1) is 12.1 Å². The molecule has 3 N–H and O–H groups in total. The van der Waals surface area contributed by atoms with Gasteiger partial charge in [0.1, 0.15) is 12.4 Å². The fraction of sp³-hybridized carbons (Fsp3) is 0.348. The first kappa shape index (κ1) is 26.3. The van der Waals surface area contributed by atoms with Crippen molar-refractivity contribution in [1.82, 2.24) is 4.72 Å². The van der Waals surface area contributed by atoms with Crippen LogP contribution < -0.4 is 24.7 Å². The van der Waals surface area contributed by atoms with Gasteiger partial charge in [-0.05, 0) is 37.1 Å². The fourth-order valence-electron chi connectivity index (χ4n) is 2.69. The van der Waals surface area contributed by atoms with Crippen LogP contribution in [0, 0.1) is 17.8 Å². The number of carbonyl (C=O) groups is 1. The highest BCUT2D eigenvalue weighted by Crippen LogP contribution is 2.32. The van der Waals surface area contributed by atoms with Gasteiger partial charge in [-0.1, -0.05) is 42.5 Å². The third-order valence-electron chi connectivity index (χ3n) is 4.45. The first-order valence-electron chi connectivity index (χ1n) is 10.1. The summed E-state index contributed by atoms with van der Waals surface area (Å²) in [5, 5.41) is 0.560. The average Bonchev–Trinajstić information content (AvgIpc) is 2.76. The Morgan fingerprint density at radius 1 is 1.18 bits per heavy atom. The summed E-state index contributed by atoms with van der Waals surface area (Å²) in [6, 6.07) is 11.9. The third kappa shape index (κ3) is 8.50. The second-order valence-corrected chi connectivity index (χ2v) is 9.69. The van der Waals surface area contributed by atoms with E-state index in [2.05, 4.69) is 16.6 Å². The van der Waals surface area contributed by atoms with Crippen molar-refractivity contribution >= 4 is 27.5 Å². The molecule has 0 fully saturated rings. The Hall–Kier alpha value is -2.93. The number of ether oxygens (including phenoxy) is 3. The normalized spacial score (nSPS) is 12.7. The molecule has 0 aliphatic heterocycles. The molecule has 0 aliphatic rings. The molecule has 178 valence electrons. The molecule has 0 spiro atoms. The molecule has 0 bridgehead atoms. The van der Waals surface area contributed by atoms with Crippen molar-refractivity contribution in [3.8, 4) is 29.1 Å². The number of benzene rings is 2. The number of hydrogen-bond acceptors (Lipinski definition) is 6. The molecule has 2 rings (SSSR count). The first-order valence-corrected chi connectivity index (χ1v) is 12.0. The summed E-state index contributed by atoms with van der Waals surface area (Å²) in [5.74, 6) is 6.16. The smallest absolute Gasteiger partial charge is 0.249 e. The van der Waals surface area contributed by atoms with E-state index < -0.39 is 21.4 Å². The van der Waals surface area contributed by atoms with Gasteiger partial charge >= 0.3 is 0 Å². The van der Waals surface area contributed by atoms with Crippen LogP contribution in [0.1, 0.15) is 25.8 Å². The number of primary amides is 1. The quantitative estimate of drug-likeness (QED) is 0.464. The van der Waals surface area contributed by atoms with Gasteiger partial charge in [0.15, 0.2) is 11.5 Å². The van der Waals surface area contributed by atoms with Gasteiger partial charge in [-0.3, -0.25) is 4.79 Å². The maximum absolute atomic E-state index is 12.4. The minimum atomic E-state index is -3.79. The Kier molecular flexibility index (Phi) is 9.85. The van der Waals surface area contributed by atoms with Crippen molar-refractivity contribution < 1.29 is 27.4 Å². The zero-order valence-corrected chi connectivity index (χ0v) is 20.2. The van der Waals surface area contributed by atoms with Crippen molar-refractivity contribution in [3.63, 3.8) is 0 Å². The summed E-state index contributed by atoms with van der Waals surface area (Å²) in [7, 11) is -2.33. The predicted molar refractivity (Wildman–Crippen MR) is 127 cm³/mol. The number of hydrogen-bond donors (Lipinski definition) is 2. The van der Waals surface area contributed by atoms with Crippen LogP contribution >= 0.6 is 11.6 Å². The van der Waals surface area contributed by atoms with E-state index in [-0.39, 0.29) is 31.2 Å². The Morgan fingerprint density at radius 2 is 1.91 bits per heavy atom. The monoisotopic (exact) mass is 494 g/mol. The lowest BCUT2D eigenvalue weighted by Gasteiger charge is -2.18. The topological polar surface area (TPSA) is 117 Å². The highest BCUT2D eigenvalue weighted by Gasteiger charge is 2.23. The number of methoxy groups -OCH3 is 1. The largest absolute Gasteiger partial charge is 0.493 e. The Morgan fingerprint density at radius 3 is 2.58 bits per heavy atom. The Labute approximate surface area is 199 Å². The molecule has 2 aromatic carbocycles. The van der Waals surface area contributed by atoms with Gasteiger partial charge in [-0.2, -0.15) is 0 Å². The minimum Gasteiger partial charge on any atom is -0.493 e. The lowest BCUT2D eigenvalue weighted by atomic mass is 10.1. The van der Waals surface area contributed by atoms with E-state index in [1.807, 2.05) is 18.2 Å². The average molecular weight is 495 g/mol. The highest BCUT2D eigenvalue weighted by atomic mass is 35.5. The van der Waals surface area contributed by atoms with E-state index in [0.717, 1.165) is 0 Å².